The highest BCUT2D eigenvalue weighted by Crippen LogP contribution is 2.33. The second-order valence-electron chi connectivity index (χ2n) is 5.97. The Balaban J connectivity index is 1.56. The van der Waals surface area contributed by atoms with Crippen LogP contribution in [0.25, 0.3) is 0 Å². The summed E-state index contributed by atoms with van der Waals surface area (Å²) in [6, 6.07) is 4.30. The second kappa shape index (κ2) is 6.46. The number of aliphatic hydroxyl groups is 1. The molecule has 0 bridgehead atoms. The normalized spacial score (nSPS) is 25.3. The van der Waals surface area contributed by atoms with E-state index < -0.39 is 0 Å². The molecule has 1 fully saturated rings. The van der Waals surface area contributed by atoms with Gasteiger partial charge in [-0.2, -0.15) is 0 Å². The van der Waals surface area contributed by atoms with Gasteiger partial charge in [0, 0.05) is 23.0 Å². The second-order valence-corrected chi connectivity index (χ2v) is 6.88. The zero-order valence-electron chi connectivity index (χ0n) is 11.7. The van der Waals surface area contributed by atoms with E-state index in [4.69, 9.17) is 4.74 Å². The molecule has 0 amide bonds. The van der Waals surface area contributed by atoms with Crippen LogP contribution in [0.1, 0.15) is 36.8 Å². The Labute approximate surface area is 128 Å². The van der Waals surface area contributed by atoms with Crippen molar-refractivity contribution in [3.05, 3.63) is 27.7 Å². The summed E-state index contributed by atoms with van der Waals surface area (Å²) >= 11 is 3.58. The molecule has 2 N–H and O–H groups in total. The van der Waals surface area contributed by atoms with E-state index in [2.05, 4.69) is 33.4 Å². The van der Waals surface area contributed by atoms with E-state index in [9.17, 15) is 5.11 Å². The van der Waals surface area contributed by atoms with Crippen LogP contribution < -0.4 is 10.1 Å². The number of aliphatic hydroxyl groups excluding tert-OH is 1. The van der Waals surface area contributed by atoms with E-state index in [0.717, 1.165) is 55.6 Å². The molecule has 0 aromatic heterocycles. The van der Waals surface area contributed by atoms with Gasteiger partial charge in [0.05, 0.1) is 12.7 Å². The summed E-state index contributed by atoms with van der Waals surface area (Å²) in [5.41, 5.74) is 2.55. The summed E-state index contributed by atoms with van der Waals surface area (Å²) in [5.74, 6) is 1.68. The smallest absolute Gasteiger partial charge is 0.127 e. The van der Waals surface area contributed by atoms with Crippen molar-refractivity contribution in [1.82, 2.24) is 5.32 Å². The molecule has 2 aliphatic rings. The number of fused-ring (bicyclic) bond motifs is 1. The van der Waals surface area contributed by atoms with E-state index in [1.54, 1.807) is 0 Å². The molecule has 1 aromatic carbocycles. The Hall–Kier alpha value is -0.580. The van der Waals surface area contributed by atoms with Crippen LogP contribution in [0.4, 0.5) is 0 Å². The van der Waals surface area contributed by atoms with Crippen molar-refractivity contribution >= 4 is 15.9 Å². The summed E-state index contributed by atoms with van der Waals surface area (Å²) in [5, 5.41) is 13.2. The van der Waals surface area contributed by atoms with Crippen LogP contribution in [-0.2, 0) is 13.0 Å². The summed E-state index contributed by atoms with van der Waals surface area (Å²) in [6.45, 7) is 2.63. The third kappa shape index (κ3) is 3.35. The molecule has 0 saturated heterocycles. The Morgan fingerprint density at radius 1 is 1.35 bits per heavy atom. The summed E-state index contributed by atoms with van der Waals surface area (Å²) in [7, 11) is 0. The minimum atomic E-state index is -0.0889. The van der Waals surface area contributed by atoms with Gasteiger partial charge < -0.3 is 15.2 Å². The van der Waals surface area contributed by atoms with Crippen molar-refractivity contribution in [3.63, 3.8) is 0 Å². The Bertz CT molecular complexity index is 478. The van der Waals surface area contributed by atoms with E-state index in [0.29, 0.717) is 5.92 Å². The summed E-state index contributed by atoms with van der Waals surface area (Å²) < 4.78 is 6.87. The standard InChI is InChI=1S/C16H22BrNO2/c17-14-7-12-4-5-20-16(12)13(8-14)10-18-9-11-2-1-3-15(19)6-11/h7-8,11,15,18-19H,1-6,9-10H2. The lowest BCUT2D eigenvalue weighted by molar-refractivity contribution is 0.101. The number of halogens is 1. The molecule has 1 heterocycles. The number of nitrogens with one attached hydrogen (secondary N) is 1. The van der Waals surface area contributed by atoms with Gasteiger partial charge in [0.2, 0.25) is 0 Å². The van der Waals surface area contributed by atoms with Crippen molar-refractivity contribution in [1.29, 1.82) is 0 Å². The first-order chi connectivity index (χ1) is 9.72. The van der Waals surface area contributed by atoms with Crippen LogP contribution in [0, 0.1) is 5.92 Å². The first-order valence-corrected chi connectivity index (χ1v) is 8.34. The quantitative estimate of drug-likeness (QED) is 0.885. The van der Waals surface area contributed by atoms with E-state index in [1.807, 2.05) is 0 Å². The maximum absolute atomic E-state index is 9.71. The molecule has 110 valence electrons. The lowest BCUT2D eigenvalue weighted by atomic mass is 9.87. The van der Waals surface area contributed by atoms with Gasteiger partial charge in [0.15, 0.2) is 0 Å². The van der Waals surface area contributed by atoms with Crippen molar-refractivity contribution < 1.29 is 9.84 Å². The van der Waals surface area contributed by atoms with E-state index in [1.165, 1.54) is 17.5 Å². The van der Waals surface area contributed by atoms with Crippen molar-refractivity contribution in [3.8, 4) is 5.75 Å². The summed E-state index contributed by atoms with van der Waals surface area (Å²) in [4.78, 5) is 0. The molecule has 0 radical (unpaired) electrons. The number of hydrogen-bond donors (Lipinski definition) is 2. The molecule has 1 aliphatic carbocycles. The molecule has 20 heavy (non-hydrogen) atoms. The predicted molar refractivity (Wildman–Crippen MR) is 83.0 cm³/mol. The van der Waals surface area contributed by atoms with Gasteiger partial charge in [-0.1, -0.05) is 22.4 Å². The van der Waals surface area contributed by atoms with Crippen LogP contribution in [0.2, 0.25) is 0 Å². The zero-order valence-corrected chi connectivity index (χ0v) is 13.3. The lowest BCUT2D eigenvalue weighted by Gasteiger charge is -2.26. The minimum absolute atomic E-state index is 0.0889. The van der Waals surface area contributed by atoms with Crippen LogP contribution in [0.3, 0.4) is 0 Å². The monoisotopic (exact) mass is 339 g/mol. The largest absolute Gasteiger partial charge is 0.493 e. The maximum atomic E-state index is 9.71. The first kappa shape index (κ1) is 14.4. The molecule has 2 unspecified atom stereocenters. The Kier molecular flexibility index (Phi) is 4.64. The van der Waals surface area contributed by atoms with Gasteiger partial charge >= 0.3 is 0 Å². The highest BCUT2D eigenvalue weighted by molar-refractivity contribution is 9.10. The van der Waals surface area contributed by atoms with E-state index >= 15 is 0 Å². The summed E-state index contributed by atoms with van der Waals surface area (Å²) in [6.07, 6.45) is 5.23. The fourth-order valence-electron chi connectivity index (χ4n) is 3.34. The predicted octanol–water partition coefficient (Wildman–Crippen LogP) is 3.02. The van der Waals surface area contributed by atoms with Gasteiger partial charge in [0.1, 0.15) is 5.75 Å². The van der Waals surface area contributed by atoms with Gasteiger partial charge in [-0.15, -0.1) is 0 Å². The molecule has 3 nitrogen and oxygen atoms in total. The van der Waals surface area contributed by atoms with Crippen molar-refractivity contribution in [2.45, 2.75) is 44.8 Å². The number of ether oxygens (including phenoxy) is 1. The SMILES string of the molecule is OC1CCCC(CNCc2cc(Br)cc3c2OCC3)C1. The molecule has 0 spiro atoms. The molecule has 2 atom stereocenters. The first-order valence-electron chi connectivity index (χ1n) is 7.55. The Morgan fingerprint density at radius 2 is 2.25 bits per heavy atom. The molecular formula is C16H22BrNO2. The number of benzene rings is 1. The highest BCUT2D eigenvalue weighted by Gasteiger charge is 2.21. The topological polar surface area (TPSA) is 41.5 Å². The van der Waals surface area contributed by atoms with Crippen LogP contribution in [-0.4, -0.2) is 24.4 Å². The van der Waals surface area contributed by atoms with Crippen LogP contribution >= 0.6 is 15.9 Å². The van der Waals surface area contributed by atoms with Gasteiger partial charge in [-0.25, -0.2) is 0 Å². The molecule has 1 saturated carbocycles. The minimum Gasteiger partial charge on any atom is -0.493 e. The molecule has 3 rings (SSSR count). The van der Waals surface area contributed by atoms with Gasteiger partial charge in [-0.05, 0) is 49.4 Å². The molecular weight excluding hydrogens is 318 g/mol. The third-order valence-corrected chi connectivity index (χ3v) is 4.79. The Morgan fingerprint density at radius 3 is 3.10 bits per heavy atom. The number of rotatable bonds is 4. The third-order valence-electron chi connectivity index (χ3n) is 4.33. The van der Waals surface area contributed by atoms with Crippen LogP contribution in [0.5, 0.6) is 5.75 Å². The average molecular weight is 340 g/mol. The van der Waals surface area contributed by atoms with Crippen LogP contribution in [0.15, 0.2) is 16.6 Å². The highest BCUT2D eigenvalue weighted by atomic mass is 79.9. The van der Waals surface area contributed by atoms with Gasteiger partial charge in [-0.3, -0.25) is 0 Å². The molecule has 1 aliphatic heterocycles. The van der Waals surface area contributed by atoms with Crippen molar-refractivity contribution in [2.24, 2.45) is 5.92 Å². The fourth-order valence-corrected chi connectivity index (χ4v) is 3.89. The van der Waals surface area contributed by atoms with E-state index in [-0.39, 0.29) is 6.10 Å². The van der Waals surface area contributed by atoms with Gasteiger partial charge in [0.25, 0.3) is 0 Å². The zero-order chi connectivity index (χ0) is 13.9. The molecule has 1 aromatic rings. The van der Waals surface area contributed by atoms with Crippen molar-refractivity contribution in [2.75, 3.05) is 13.2 Å². The maximum Gasteiger partial charge on any atom is 0.127 e. The average Bonchev–Trinajstić information content (AvgIpc) is 2.87. The number of hydrogen-bond acceptors (Lipinski definition) is 3. The fraction of sp³-hybridized carbons (Fsp3) is 0.625. The lowest BCUT2D eigenvalue weighted by Crippen LogP contribution is -2.29. The molecule has 4 heteroatoms.